The predicted molar refractivity (Wildman–Crippen MR) is 63.7 cm³/mol. The Morgan fingerprint density at radius 2 is 2.19 bits per heavy atom. The number of aromatic nitrogens is 1. The number of hydrogen-bond donors (Lipinski definition) is 1. The number of nitrogens with zero attached hydrogens (tertiary/aromatic N) is 1. The summed E-state index contributed by atoms with van der Waals surface area (Å²) in [7, 11) is 0. The lowest BCUT2D eigenvalue weighted by molar-refractivity contribution is 0.0882. The molecule has 2 N–H and O–H groups in total. The van der Waals surface area contributed by atoms with Crippen molar-refractivity contribution in [2.45, 2.75) is 38.8 Å². The third-order valence-electron chi connectivity index (χ3n) is 3.26. The Bertz CT molecular complexity index is 321. The van der Waals surface area contributed by atoms with Gasteiger partial charge in [0.25, 0.3) is 0 Å². The van der Waals surface area contributed by atoms with Crippen LogP contribution in [-0.2, 0) is 17.9 Å². The van der Waals surface area contributed by atoms with Gasteiger partial charge in [-0.05, 0) is 24.8 Å². The number of ether oxygens (including phenoxy) is 1. The van der Waals surface area contributed by atoms with E-state index in [0.717, 1.165) is 23.8 Å². The summed E-state index contributed by atoms with van der Waals surface area (Å²) in [6.07, 6.45) is 7.18. The quantitative estimate of drug-likeness (QED) is 0.828. The summed E-state index contributed by atoms with van der Waals surface area (Å²) >= 11 is 0. The molecule has 0 unspecified atom stereocenters. The summed E-state index contributed by atoms with van der Waals surface area (Å²) in [5.74, 6) is 0.776. The molecule has 3 nitrogen and oxygen atoms in total. The Labute approximate surface area is 97.0 Å². The topological polar surface area (TPSA) is 48.1 Å². The van der Waals surface area contributed by atoms with Crippen LogP contribution >= 0.6 is 0 Å². The molecular formula is C13H20N2O. The second kappa shape index (κ2) is 5.97. The van der Waals surface area contributed by atoms with Gasteiger partial charge < -0.3 is 10.5 Å². The molecular weight excluding hydrogens is 200 g/mol. The van der Waals surface area contributed by atoms with Crippen molar-refractivity contribution in [3.8, 4) is 0 Å². The standard InChI is InChI=1S/C13H20N2O/c14-8-13-12(6-3-7-15-13)10-16-9-11-4-1-2-5-11/h3,6-7,11H,1-2,4-5,8-10,14H2. The SMILES string of the molecule is NCc1ncccc1COCC1CCCC1. The van der Waals surface area contributed by atoms with Gasteiger partial charge in [-0.15, -0.1) is 0 Å². The zero-order chi connectivity index (χ0) is 11.2. The summed E-state index contributed by atoms with van der Waals surface area (Å²) in [6.45, 7) is 2.03. The van der Waals surface area contributed by atoms with E-state index in [1.165, 1.54) is 25.7 Å². The molecule has 1 aromatic heterocycles. The van der Waals surface area contributed by atoms with Gasteiger partial charge >= 0.3 is 0 Å². The maximum atomic E-state index is 5.75. The number of hydrogen-bond acceptors (Lipinski definition) is 3. The lowest BCUT2D eigenvalue weighted by Crippen LogP contribution is -2.09. The highest BCUT2D eigenvalue weighted by molar-refractivity contribution is 5.18. The van der Waals surface area contributed by atoms with Crippen molar-refractivity contribution in [2.75, 3.05) is 6.61 Å². The molecule has 1 fully saturated rings. The van der Waals surface area contributed by atoms with Crippen molar-refractivity contribution >= 4 is 0 Å². The van der Waals surface area contributed by atoms with Gasteiger partial charge in [0.1, 0.15) is 0 Å². The summed E-state index contributed by atoms with van der Waals surface area (Å²) < 4.78 is 5.75. The Morgan fingerprint density at radius 1 is 1.38 bits per heavy atom. The van der Waals surface area contributed by atoms with Gasteiger partial charge in [0.2, 0.25) is 0 Å². The number of nitrogens with two attached hydrogens (primary N) is 1. The van der Waals surface area contributed by atoms with Crippen LogP contribution in [0.4, 0.5) is 0 Å². The number of rotatable bonds is 5. The van der Waals surface area contributed by atoms with E-state index in [-0.39, 0.29) is 0 Å². The van der Waals surface area contributed by atoms with Crippen molar-refractivity contribution in [1.82, 2.24) is 4.98 Å². The summed E-state index contributed by atoms with van der Waals surface area (Å²) in [5, 5.41) is 0. The molecule has 0 aliphatic heterocycles. The van der Waals surface area contributed by atoms with E-state index in [1.807, 2.05) is 12.1 Å². The van der Waals surface area contributed by atoms with Gasteiger partial charge in [-0.1, -0.05) is 18.9 Å². The van der Waals surface area contributed by atoms with E-state index in [2.05, 4.69) is 4.98 Å². The maximum absolute atomic E-state index is 5.75. The first kappa shape index (κ1) is 11.6. The van der Waals surface area contributed by atoms with E-state index in [0.29, 0.717) is 13.2 Å². The van der Waals surface area contributed by atoms with Crippen LogP contribution in [0.5, 0.6) is 0 Å². The first-order chi connectivity index (χ1) is 7.90. The van der Waals surface area contributed by atoms with Crippen LogP contribution in [0.15, 0.2) is 18.3 Å². The van der Waals surface area contributed by atoms with E-state index in [4.69, 9.17) is 10.5 Å². The summed E-state index contributed by atoms with van der Waals surface area (Å²) in [6, 6.07) is 3.98. The van der Waals surface area contributed by atoms with Crippen molar-refractivity contribution < 1.29 is 4.74 Å². The van der Waals surface area contributed by atoms with Crippen LogP contribution in [0.1, 0.15) is 36.9 Å². The first-order valence-corrected chi connectivity index (χ1v) is 6.10. The van der Waals surface area contributed by atoms with Gasteiger partial charge in [0.15, 0.2) is 0 Å². The Kier molecular flexibility index (Phi) is 4.31. The molecule has 0 saturated heterocycles. The molecule has 0 amide bonds. The zero-order valence-electron chi connectivity index (χ0n) is 9.69. The molecule has 3 heteroatoms. The minimum atomic E-state index is 0.489. The molecule has 1 aromatic rings. The van der Waals surface area contributed by atoms with Crippen LogP contribution in [0.3, 0.4) is 0 Å². The highest BCUT2D eigenvalue weighted by atomic mass is 16.5. The van der Waals surface area contributed by atoms with Crippen molar-refractivity contribution in [2.24, 2.45) is 11.7 Å². The van der Waals surface area contributed by atoms with Gasteiger partial charge in [0, 0.05) is 24.9 Å². The second-order valence-electron chi connectivity index (χ2n) is 4.48. The van der Waals surface area contributed by atoms with E-state index < -0.39 is 0 Å². The smallest absolute Gasteiger partial charge is 0.0735 e. The van der Waals surface area contributed by atoms with Gasteiger partial charge in [-0.3, -0.25) is 4.98 Å². The molecule has 1 aliphatic carbocycles. The molecule has 0 aromatic carbocycles. The molecule has 0 radical (unpaired) electrons. The van der Waals surface area contributed by atoms with Crippen LogP contribution in [0.25, 0.3) is 0 Å². The fraction of sp³-hybridized carbons (Fsp3) is 0.615. The van der Waals surface area contributed by atoms with Gasteiger partial charge in [-0.25, -0.2) is 0 Å². The normalized spacial score (nSPS) is 16.8. The largest absolute Gasteiger partial charge is 0.376 e. The zero-order valence-corrected chi connectivity index (χ0v) is 9.69. The third-order valence-corrected chi connectivity index (χ3v) is 3.26. The van der Waals surface area contributed by atoms with E-state index in [9.17, 15) is 0 Å². The Morgan fingerprint density at radius 3 is 2.94 bits per heavy atom. The molecule has 1 saturated carbocycles. The summed E-state index contributed by atoms with van der Waals surface area (Å²) in [4.78, 5) is 4.24. The lowest BCUT2D eigenvalue weighted by atomic mass is 10.1. The molecule has 1 aliphatic rings. The fourth-order valence-corrected chi connectivity index (χ4v) is 2.30. The van der Waals surface area contributed by atoms with Crippen LogP contribution < -0.4 is 5.73 Å². The minimum absolute atomic E-state index is 0.489. The third kappa shape index (κ3) is 3.03. The fourth-order valence-electron chi connectivity index (χ4n) is 2.30. The van der Waals surface area contributed by atoms with Gasteiger partial charge in [-0.2, -0.15) is 0 Å². The van der Waals surface area contributed by atoms with Crippen molar-refractivity contribution in [3.05, 3.63) is 29.6 Å². The lowest BCUT2D eigenvalue weighted by Gasteiger charge is -2.11. The van der Waals surface area contributed by atoms with Crippen LogP contribution in [0.2, 0.25) is 0 Å². The molecule has 2 rings (SSSR count). The predicted octanol–water partition coefficient (Wildman–Crippen LogP) is 2.25. The van der Waals surface area contributed by atoms with Gasteiger partial charge in [0.05, 0.1) is 12.3 Å². The van der Waals surface area contributed by atoms with Crippen molar-refractivity contribution in [3.63, 3.8) is 0 Å². The van der Waals surface area contributed by atoms with E-state index in [1.54, 1.807) is 6.20 Å². The maximum Gasteiger partial charge on any atom is 0.0735 e. The molecule has 88 valence electrons. The monoisotopic (exact) mass is 220 g/mol. The Hall–Kier alpha value is -0.930. The number of pyridine rings is 1. The highest BCUT2D eigenvalue weighted by Crippen LogP contribution is 2.25. The minimum Gasteiger partial charge on any atom is -0.376 e. The molecule has 0 bridgehead atoms. The molecule has 1 heterocycles. The highest BCUT2D eigenvalue weighted by Gasteiger charge is 2.14. The molecule has 16 heavy (non-hydrogen) atoms. The van der Waals surface area contributed by atoms with Crippen LogP contribution in [0, 0.1) is 5.92 Å². The van der Waals surface area contributed by atoms with E-state index >= 15 is 0 Å². The van der Waals surface area contributed by atoms with Crippen LogP contribution in [-0.4, -0.2) is 11.6 Å². The molecule has 0 atom stereocenters. The molecule has 0 spiro atoms. The first-order valence-electron chi connectivity index (χ1n) is 6.10. The average Bonchev–Trinajstić information content (AvgIpc) is 2.83. The van der Waals surface area contributed by atoms with Crippen molar-refractivity contribution in [1.29, 1.82) is 0 Å². The summed E-state index contributed by atoms with van der Waals surface area (Å²) in [5.41, 5.74) is 7.71. The average molecular weight is 220 g/mol. The Balaban J connectivity index is 1.79. The second-order valence-corrected chi connectivity index (χ2v) is 4.48.